The Labute approximate surface area is 134 Å². The van der Waals surface area contributed by atoms with E-state index in [4.69, 9.17) is 0 Å². The molecule has 23 heavy (non-hydrogen) atoms. The van der Waals surface area contributed by atoms with Crippen molar-refractivity contribution in [3.63, 3.8) is 0 Å². The molecule has 0 spiro atoms. The predicted octanol–water partition coefficient (Wildman–Crippen LogP) is 4.40. The molecule has 0 unspecified atom stereocenters. The van der Waals surface area contributed by atoms with E-state index in [1.54, 1.807) is 0 Å². The molecule has 0 saturated heterocycles. The van der Waals surface area contributed by atoms with Gasteiger partial charge in [-0.1, -0.05) is 37.1 Å². The molecule has 116 valence electrons. The number of fused-ring (bicyclic) bond motifs is 1. The summed E-state index contributed by atoms with van der Waals surface area (Å²) in [7, 11) is 0. The molecule has 0 radical (unpaired) electrons. The van der Waals surface area contributed by atoms with Crippen LogP contribution < -0.4 is 5.32 Å². The molecule has 0 amide bonds. The van der Waals surface area contributed by atoms with Gasteiger partial charge in [-0.25, -0.2) is 4.98 Å². The zero-order valence-electron chi connectivity index (χ0n) is 12.9. The lowest BCUT2D eigenvalue weighted by Crippen LogP contribution is -2.15. The first-order chi connectivity index (χ1) is 11.3. The lowest BCUT2D eigenvalue weighted by Gasteiger charge is -2.18. The Morgan fingerprint density at radius 2 is 1.91 bits per heavy atom. The molecule has 1 aromatic carbocycles. The molecule has 0 aliphatic heterocycles. The van der Waals surface area contributed by atoms with Gasteiger partial charge in [0.2, 0.25) is 0 Å². The standard InChI is InChI=1S/C19H19N3O/c23-12-13-5-7-14(8-6-13)17-11-21-19-16(9-10-20-19)18(17)22-15-3-1-2-4-15/h5-12,15H,1-4H2,(H2,20,21,22). The maximum atomic E-state index is 10.9. The first-order valence-electron chi connectivity index (χ1n) is 8.13. The van der Waals surface area contributed by atoms with Gasteiger partial charge in [0.15, 0.2) is 0 Å². The van der Waals surface area contributed by atoms with Crippen LogP contribution in [0.25, 0.3) is 22.2 Å². The van der Waals surface area contributed by atoms with Crippen molar-refractivity contribution >= 4 is 23.0 Å². The molecule has 1 aliphatic rings. The molecule has 3 aromatic rings. The summed E-state index contributed by atoms with van der Waals surface area (Å²) in [5.74, 6) is 0. The van der Waals surface area contributed by atoms with Crippen LogP contribution in [0.3, 0.4) is 0 Å². The van der Waals surface area contributed by atoms with Crippen LogP contribution in [0.5, 0.6) is 0 Å². The third-order valence-corrected chi connectivity index (χ3v) is 4.65. The van der Waals surface area contributed by atoms with E-state index in [0.29, 0.717) is 11.6 Å². The van der Waals surface area contributed by atoms with E-state index in [1.165, 1.54) is 25.7 Å². The molecule has 0 atom stereocenters. The topological polar surface area (TPSA) is 57.8 Å². The fourth-order valence-electron chi connectivity index (χ4n) is 3.40. The number of nitrogens with zero attached hydrogens (tertiary/aromatic N) is 1. The number of aldehydes is 1. The van der Waals surface area contributed by atoms with Crippen LogP contribution >= 0.6 is 0 Å². The number of pyridine rings is 1. The fourth-order valence-corrected chi connectivity index (χ4v) is 3.40. The van der Waals surface area contributed by atoms with Gasteiger partial charge in [0.25, 0.3) is 0 Å². The number of carbonyl (C=O) groups excluding carboxylic acids is 1. The second-order valence-corrected chi connectivity index (χ2v) is 6.15. The number of aromatic nitrogens is 2. The van der Waals surface area contributed by atoms with E-state index in [1.807, 2.05) is 36.7 Å². The molecule has 1 aliphatic carbocycles. The van der Waals surface area contributed by atoms with Crippen molar-refractivity contribution in [3.8, 4) is 11.1 Å². The summed E-state index contributed by atoms with van der Waals surface area (Å²) in [6, 6.07) is 10.3. The van der Waals surface area contributed by atoms with Crippen LogP contribution in [-0.4, -0.2) is 22.3 Å². The average Bonchev–Trinajstić information content (AvgIpc) is 3.26. The monoisotopic (exact) mass is 305 g/mol. The number of aromatic amines is 1. The smallest absolute Gasteiger partial charge is 0.150 e. The first-order valence-corrected chi connectivity index (χ1v) is 8.13. The van der Waals surface area contributed by atoms with Crippen molar-refractivity contribution < 1.29 is 4.79 Å². The van der Waals surface area contributed by atoms with E-state index in [0.717, 1.165) is 34.1 Å². The van der Waals surface area contributed by atoms with E-state index in [-0.39, 0.29) is 0 Å². The molecule has 2 N–H and O–H groups in total. The zero-order chi connectivity index (χ0) is 15.6. The molecule has 4 nitrogen and oxygen atoms in total. The highest BCUT2D eigenvalue weighted by Crippen LogP contribution is 2.35. The van der Waals surface area contributed by atoms with Crippen molar-refractivity contribution in [3.05, 3.63) is 48.3 Å². The molecular formula is C19H19N3O. The Bertz CT molecular complexity index is 829. The average molecular weight is 305 g/mol. The molecule has 0 bridgehead atoms. The highest BCUT2D eigenvalue weighted by Gasteiger charge is 2.19. The van der Waals surface area contributed by atoms with E-state index >= 15 is 0 Å². The van der Waals surface area contributed by atoms with Crippen molar-refractivity contribution in [1.29, 1.82) is 0 Å². The van der Waals surface area contributed by atoms with E-state index in [2.05, 4.69) is 21.4 Å². The van der Waals surface area contributed by atoms with Crippen LogP contribution in [0.4, 0.5) is 5.69 Å². The van der Waals surface area contributed by atoms with E-state index < -0.39 is 0 Å². The third kappa shape index (κ3) is 2.61. The summed E-state index contributed by atoms with van der Waals surface area (Å²) in [5.41, 5.74) is 4.89. The highest BCUT2D eigenvalue weighted by molar-refractivity contribution is 5.98. The summed E-state index contributed by atoms with van der Waals surface area (Å²) in [6.45, 7) is 0. The van der Waals surface area contributed by atoms with Crippen LogP contribution in [-0.2, 0) is 0 Å². The fraction of sp³-hybridized carbons (Fsp3) is 0.263. The minimum Gasteiger partial charge on any atom is -0.381 e. The van der Waals surface area contributed by atoms with Crippen molar-refractivity contribution in [2.75, 3.05) is 5.32 Å². The lowest BCUT2D eigenvalue weighted by atomic mass is 10.0. The zero-order valence-corrected chi connectivity index (χ0v) is 12.9. The summed E-state index contributed by atoms with van der Waals surface area (Å²) in [6.07, 6.45) is 9.73. The lowest BCUT2D eigenvalue weighted by molar-refractivity contribution is 0.112. The summed E-state index contributed by atoms with van der Waals surface area (Å²) in [5, 5.41) is 4.86. The number of rotatable bonds is 4. The van der Waals surface area contributed by atoms with Gasteiger partial charge in [-0.05, 0) is 24.5 Å². The maximum Gasteiger partial charge on any atom is 0.150 e. The number of nitrogens with one attached hydrogen (secondary N) is 2. The number of carbonyl (C=O) groups is 1. The molecular weight excluding hydrogens is 286 g/mol. The largest absolute Gasteiger partial charge is 0.381 e. The maximum absolute atomic E-state index is 10.9. The summed E-state index contributed by atoms with van der Waals surface area (Å²) >= 11 is 0. The van der Waals surface area contributed by atoms with Crippen LogP contribution in [0, 0.1) is 0 Å². The molecule has 2 aromatic heterocycles. The number of hydrogen-bond donors (Lipinski definition) is 2. The first kappa shape index (κ1) is 14.0. The predicted molar refractivity (Wildman–Crippen MR) is 92.8 cm³/mol. The van der Waals surface area contributed by atoms with Gasteiger partial charge in [0.1, 0.15) is 11.9 Å². The van der Waals surface area contributed by atoms with Gasteiger partial charge in [0, 0.05) is 34.9 Å². The van der Waals surface area contributed by atoms with Crippen molar-refractivity contribution in [2.45, 2.75) is 31.7 Å². The Balaban J connectivity index is 1.81. The van der Waals surface area contributed by atoms with Gasteiger partial charge >= 0.3 is 0 Å². The Morgan fingerprint density at radius 1 is 1.13 bits per heavy atom. The molecule has 4 rings (SSSR count). The Kier molecular flexibility index (Phi) is 3.58. The second kappa shape index (κ2) is 5.88. The number of anilines is 1. The van der Waals surface area contributed by atoms with Gasteiger partial charge in [0.05, 0.1) is 5.69 Å². The van der Waals surface area contributed by atoms with Crippen LogP contribution in [0.2, 0.25) is 0 Å². The van der Waals surface area contributed by atoms with Gasteiger partial charge < -0.3 is 10.3 Å². The van der Waals surface area contributed by atoms with Crippen LogP contribution in [0.1, 0.15) is 36.0 Å². The van der Waals surface area contributed by atoms with Gasteiger partial charge in [-0.15, -0.1) is 0 Å². The molecule has 1 saturated carbocycles. The number of benzene rings is 1. The quantitative estimate of drug-likeness (QED) is 0.702. The number of hydrogen-bond acceptors (Lipinski definition) is 3. The Morgan fingerprint density at radius 3 is 2.65 bits per heavy atom. The SMILES string of the molecule is O=Cc1ccc(-c2cnc3[nH]ccc3c2NC2CCCC2)cc1. The highest BCUT2D eigenvalue weighted by atomic mass is 16.1. The molecule has 2 heterocycles. The number of H-pyrrole nitrogens is 1. The Hall–Kier alpha value is -2.62. The normalized spacial score (nSPS) is 15.1. The minimum atomic E-state index is 0.531. The molecule has 4 heteroatoms. The van der Waals surface area contributed by atoms with Crippen molar-refractivity contribution in [2.24, 2.45) is 0 Å². The van der Waals surface area contributed by atoms with Crippen LogP contribution in [0.15, 0.2) is 42.7 Å². The summed E-state index contributed by atoms with van der Waals surface area (Å²) < 4.78 is 0. The van der Waals surface area contributed by atoms with Gasteiger partial charge in [-0.2, -0.15) is 0 Å². The second-order valence-electron chi connectivity index (χ2n) is 6.15. The third-order valence-electron chi connectivity index (χ3n) is 4.65. The summed E-state index contributed by atoms with van der Waals surface area (Å²) in [4.78, 5) is 18.6. The van der Waals surface area contributed by atoms with Gasteiger partial charge in [-0.3, -0.25) is 4.79 Å². The minimum absolute atomic E-state index is 0.531. The molecule has 1 fully saturated rings. The van der Waals surface area contributed by atoms with Crippen molar-refractivity contribution in [1.82, 2.24) is 9.97 Å². The van der Waals surface area contributed by atoms with E-state index in [9.17, 15) is 4.79 Å².